The average Bonchev–Trinajstić information content (AvgIpc) is 2.99. The molecule has 0 bridgehead atoms. The van der Waals surface area contributed by atoms with E-state index in [1.54, 1.807) is 24.3 Å². The van der Waals surface area contributed by atoms with Crippen LogP contribution in [0.15, 0.2) is 66.4 Å². The van der Waals surface area contributed by atoms with E-state index in [0.717, 1.165) is 33.5 Å². The molecule has 0 saturated carbocycles. The van der Waals surface area contributed by atoms with E-state index in [1.807, 2.05) is 71.9 Å². The van der Waals surface area contributed by atoms with Crippen molar-refractivity contribution in [3.63, 3.8) is 0 Å². The van der Waals surface area contributed by atoms with Crippen LogP contribution < -0.4 is 15.0 Å². The van der Waals surface area contributed by atoms with Gasteiger partial charge in [-0.05, 0) is 106 Å². The lowest BCUT2D eigenvalue weighted by molar-refractivity contribution is -0.120. The molecule has 5 nitrogen and oxygen atoms in total. The third-order valence-corrected chi connectivity index (χ3v) is 5.84. The van der Waals surface area contributed by atoms with Crippen molar-refractivity contribution in [3.05, 3.63) is 94.2 Å². The van der Waals surface area contributed by atoms with Crippen molar-refractivity contribution in [1.29, 1.82) is 0 Å². The van der Waals surface area contributed by atoms with E-state index in [0.29, 0.717) is 17.0 Å². The molecule has 0 atom stereocenters. The maximum absolute atomic E-state index is 13.7. The summed E-state index contributed by atoms with van der Waals surface area (Å²) in [4.78, 5) is 28.6. The zero-order valence-electron chi connectivity index (χ0n) is 20.5. The van der Waals surface area contributed by atoms with Crippen molar-refractivity contribution in [2.75, 3.05) is 10.2 Å². The Morgan fingerprint density at radius 3 is 2.00 bits per heavy atom. The lowest BCUT2D eigenvalue weighted by Gasteiger charge is -2.17. The van der Waals surface area contributed by atoms with Crippen LogP contribution in [0.1, 0.15) is 41.7 Å². The van der Waals surface area contributed by atoms with E-state index in [1.165, 1.54) is 4.90 Å². The van der Waals surface area contributed by atoms with E-state index in [9.17, 15) is 9.59 Å². The Morgan fingerprint density at radius 1 is 0.765 bits per heavy atom. The summed E-state index contributed by atoms with van der Waals surface area (Å²) in [5.41, 5.74) is 6.98. The van der Waals surface area contributed by atoms with Gasteiger partial charge in [-0.3, -0.25) is 9.59 Å². The fourth-order valence-corrected chi connectivity index (χ4v) is 4.18. The molecule has 1 aliphatic rings. The van der Waals surface area contributed by atoms with Crippen molar-refractivity contribution >= 4 is 28.8 Å². The van der Waals surface area contributed by atoms with Gasteiger partial charge in [-0.25, -0.2) is 4.90 Å². The van der Waals surface area contributed by atoms with Gasteiger partial charge in [0.05, 0.1) is 17.4 Å². The Labute approximate surface area is 201 Å². The lowest BCUT2D eigenvalue weighted by atomic mass is 9.99. The van der Waals surface area contributed by atoms with E-state index < -0.39 is 0 Å². The molecule has 1 N–H and O–H groups in total. The molecule has 0 saturated heterocycles. The van der Waals surface area contributed by atoms with Crippen molar-refractivity contribution in [3.8, 4) is 5.75 Å². The maximum atomic E-state index is 13.7. The second kappa shape index (κ2) is 9.18. The monoisotopic (exact) mass is 454 g/mol. The number of nitrogens with one attached hydrogen (secondary N) is 1. The molecule has 1 heterocycles. The fourth-order valence-electron chi connectivity index (χ4n) is 4.18. The highest BCUT2D eigenvalue weighted by Gasteiger charge is 2.40. The maximum Gasteiger partial charge on any atom is 0.282 e. The number of amides is 2. The predicted octanol–water partition coefficient (Wildman–Crippen LogP) is 6.10. The quantitative estimate of drug-likeness (QED) is 0.457. The first-order valence-electron chi connectivity index (χ1n) is 11.5. The van der Waals surface area contributed by atoms with E-state index >= 15 is 0 Å². The molecule has 4 rings (SSSR count). The number of imide groups is 1. The SMILES string of the molecule is Cc1cc(C)cc(NC2=C(c3ccc(C)c(C)c3)C(=O)N(c3ccc(OC(C)C)cc3)C2=O)c1. The summed E-state index contributed by atoms with van der Waals surface area (Å²) in [6.07, 6.45) is 0.0348. The van der Waals surface area contributed by atoms with Crippen LogP contribution in [0.4, 0.5) is 11.4 Å². The first-order chi connectivity index (χ1) is 16.1. The first-order valence-corrected chi connectivity index (χ1v) is 11.5. The topological polar surface area (TPSA) is 58.6 Å². The molecule has 34 heavy (non-hydrogen) atoms. The van der Waals surface area contributed by atoms with Crippen LogP contribution in [0.2, 0.25) is 0 Å². The molecule has 2 amide bonds. The van der Waals surface area contributed by atoms with Crippen LogP contribution in [0.3, 0.4) is 0 Å². The highest BCUT2D eigenvalue weighted by atomic mass is 16.5. The van der Waals surface area contributed by atoms with Gasteiger partial charge in [0.25, 0.3) is 11.8 Å². The number of ether oxygens (including phenoxy) is 1. The number of nitrogens with zero attached hydrogens (tertiary/aromatic N) is 1. The van der Waals surface area contributed by atoms with Gasteiger partial charge >= 0.3 is 0 Å². The third kappa shape index (κ3) is 4.60. The summed E-state index contributed by atoms with van der Waals surface area (Å²) in [5.74, 6) is -0.0404. The minimum atomic E-state index is -0.380. The number of anilines is 2. The van der Waals surface area contributed by atoms with E-state index in [4.69, 9.17) is 4.74 Å². The molecule has 0 fully saturated rings. The zero-order valence-corrected chi connectivity index (χ0v) is 20.5. The van der Waals surface area contributed by atoms with Gasteiger partial charge in [0.2, 0.25) is 0 Å². The molecule has 0 aliphatic carbocycles. The van der Waals surface area contributed by atoms with Crippen LogP contribution >= 0.6 is 0 Å². The molecule has 0 spiro atoms. The minimum absolute atomic E-state index is 0.0348. The van der Waals surface area contributed by atoms with Crippen LogP contribution in [0, 0.1) is 27.7 Å². The van der Waals surface area contributed by atoms with Gasteiger partial charge in [-0.15, -0.1) is 0 Å². The molecule has 3 aromatic rings. The Morgan fingerprint density at radius 2 is 1.41 bits per heavy atom. The number of hydrogen-bond donors (Lipinski definition) is 1. The summed E-state index contributed by atoms with van der Waals surface area (Å²) in [7, 11) is 0. The largest absolute Gasteiger partial charge is 0.491 e. The van der Waals surface area contributed by atoms with Crippen molar-refractivity contribution < 1.29 is 14.3 Å². The van der Waals surface area contributed by atoms with Crippen LogP contribution in [-0.4, -0.2) is 17.9 Å². The average molecular weight is 455 g/mol. The van der Waals surface area contributed by atoms with Gasteiger partial charge < -0.3 is 10.1 Å². The summed E-state index contributed by atoms with van der Waals surface area (Å²) < 4.78 is 5.71. The van der Waals surface area contributed by atoms with Crippen molar-refractivity contribution in [2.45, 2.75) is 47.6 Å². The highest BCUT2D eigenvalue weighted by molar-refractivity contribution is 6.46. The summed E-state index contributed by atoms with van der Waals surface area (Å²) in [6.45, 7) is 11.9. The number of aryl methyl sites for hydroxylation is 4. The van der Waals surface area contributed by atoms with Crippen molar-refractivity contribution in [1.82, 2.24) is 0 Å². The summed E-state index contributed by atoms with van der Waals surface area (Å²) >= 11 is 0. The number of benzene rings is 3. The minimum Gasteiger partial charge on any atom is -0.491 e. The Kier molecular flexibility index (Phi) is 6.29. The first kappa shape index (κ1) is 23.3. The highest BCUT2D eigenvalue weighted by Crippen LogP contribution is 2.35. The molecular weight excluding hydrogens is 424 g/mol. The molecular formula is C29H30N2O3. The summed E-state index contributed by atoms with van der Waals surface area (Å²) in [5, 5.41) is 3.27. The van der Waals surface area contributed by atoms with Gasteiger partial charge in [0, 0.05) is 5.69 Å². The van der Waals surface area contributed by atoms with Gasteiger partial charge in [-0.2, -0.15) is 0 Å². The molecule has 0 unspecified atom stereocenters. The molecule has 174 valence electrons. The zero-order chi connectivity index (χ0) is 24.6. The van der Waals surface area contributed by atoms with E-state index in [2.05, 4.69) is 11.4 Å². The van der Waals surface area contributed by atoms with Crippen molar-refractivity contribution in [2.24, 2.45) is 0 Å². The van der Waals surface area contributed by atoms with Crippen LogP contribution in [-0.2, 0) is 9.59 Å². The predicted molar refractivity (Wildman–Crippen MR) is 137 cm³/mol. The molecule has 5 heteroatoms. The van der Waals surface area contributed by atoms with Crippen LogP contribution in [0.5, 0.6) is 5.75 Å². The Bertz CT molecular complexity index is 1280. The summed E-state index contributed by atoms with van der Waals surface area (Å²) in [6, 6.07) is 18.9. The van der Waals surface area contributed by atoms with Gasteiger partial charge in [0.1, 0.15) is 11.4 Å². The second-order valence-electron chi connectivity index (χ2n) is 9.16. The fraction of sp³-hybridized carbons (Fsp3) is 0.241. The molecule has 3 aromatic carbocycles. The number of carbonyl (C=O) groups is 2. The second-order valence-corrected chi connectivity index (χ2v) is 9.16. The molecule has 0 radical (unpaired) electrons. The molecule has 1 aliphatic heterocycles. The van der Waals surface area contributed by atoms with Gasteiger partial charge in [-0.1, -0.05) is 24.3 Å². The number of hydrogen-bond acceptors (Lipinski definition) is 4. The normalized spacial score (nSPS) is 13.8. The van der Waals surface area contributed by atoms with E-state index in [-0.39, 0.29) is 23.6 Å². The molecule has 0 aromatic heterocycles. The Hall–Kier alpha value is -3.86. The lowest BCUT2D eigenvalue weighted by Crippen LogP contribution is -2.32. The number of carbonyl (C=O) groups excluding carboxylic acids is 2. The smallest absolute Gasteiger partial charge is 0.282 e. The Balaban J connectivity index is 1.79. The van der Waals surface area contributed by atoms with Crippen LogP contribution in [0.25, 0.3) is 5.57 Å². The van der Waals surface area contributed by atoms with Gasteiger partial charge in [0.15, 0.2) is 0 Å². The third-order valence-electron chi connectivity index (χ3n) is 5.84. The number of rotatable bonds is 6. The standard InChI is InChI=1S/C29H30N2O3/c1-17(2)34-25-11-9-24(10-12-25)31-28(32)26(22-8-7-20(5)21(6)16-22)27(29(31)33)30-23-14-18(3)13-19(4)15-23/h7-17,30H,1-6H3.